The Balaban J connectivity index is 1.36. The van der Waals surface area contributed by atoms with Crippen LogP contribution in [0, 0.1) is 6.92 Å². The highest BCUT2D eigenvalue weighted by Crippen LogP contribution is 2.20. The van der Waals surface area contributed by atoms with Crippen LogP contribution < -0.4 is 5.32 Å². The summed E-state index contributed by atoms with van der Waals surface area (Å²) in [6, 6.07) is 6.36. The molecule has 1 aliphatic heterocycles. The van der Waals surface area contributed by atoms with E-state index in [2.05, 4.69) is 40.3 Å². The fourth-order valence-corrected chi connectivity index (χ4v) is 3.51. The van der Waals surface area contributed by atoms with Crippen LogP contribution in [0.2, 0.25) is 0 Å². The van der Waals surface area contributed by atoms with Gasteiger partial charge in [0.25, 0.3) is 0 Å². The van der Waals surface area contributed by atoms with Crippen molar-refractivity contribution in [2.75, 3.05) is 26.2 Å². The van der Waals surface area contributed by atoms with Crippen LogP contribution >= 0.6 is 0 Å². The predicted molar refractivity (Wildman–Crippen MR) is 101 cm³/mol. The Hall–Kier alpha value is -1.85. The van der Waals surface area contributed by atoms with Crippen molar-refractivity contribution in [3.8, 4) is 0 Å². The van der Waals surface area contributed by atoms with Crippen molar-refractivity contribution in [2.45, 2.75) is 45.1 Å². The van der Waals surface area contributed by atoms with Crippen molar-refractivity contribution in [2.24, 2.45) is 0 Å². The molecule has 1 aromatic carbocycles. The number of amides is 1. The predicted octanol–water partition coefficient (Wildman–Crippen LogP) is 2.37. The smallest absolute Gasteiger partial charge is 0.220 e. The summed E-state index contributed by atoms with van der Waals surface area (Å²) in [5.74, 6) is 0.121. The minimum Gasteiger partial charge on any atom is -0.393 e. The van der Waals surface area contributed by atoms with E-state index in [1.54, 1.807) is 0 Å². The molecule has 25 heavy (non-hydrogen) atoms. The maximum absolute atomic E-state index is 12.1. The zero-order valence-electron chi connectivity index (χ0n) is 15.1. The molecule has 0 atom stereocenters. The first-order valence-corrected chi connectivity index (χ1v) is 9.35. The normalized spacial score (nSPS) is 16.4. The molecular formula is C20H29N3O2. The summed E-state index contributed by atoms with van der Waals surface area (Å²) in [5.41, 5.74) is 3.58. The molecule has 3 rings (SSSR count). The van der Waals surface area contributed by atoms with E-state index in [1.165, 1.54) is 16.5 Å². The van der Waals surface area contributed by atoms with E-state index in [9.17, 15) is 9.90 Å². The number of piperidine rings is 1. The summed E-state index contributed by atoms with van der Waals surface area (Å²) >= 11 is 0. The Labute approximate surface area is 149 Å². The lowest BCUT2D eigenvalue weighted by atomic mass is 10.1. The number of hydrogen-bond acceptors (Lipinski definition) is 3. The molecule has 1 amide bonds. The summed E-state index contributed by atoms with van der Waals surface area (Å²) < 4.78 is 0. The van der Waals surface area contributed by atoms with Gasteiger partial charge in [-0.05, 0) is 56.8 Å². The van der Waals surface area contributed by atoms with Crippen molar-refractivity contribution in [1.82, 2.24) is 15.2 Å². The third-order valence-corrected chi connectivity index (χ3v) is 5.07. The first kappa shape index (κ1) is 18.0. The fourth-order valence-electron chi connectivity index (χ4n) is 3.51. The SMILES string of the molecule is Cc1ccc2[nH]cc(CCC(=O)NCCCN3CCC(O)CC3)c2c1. The van der Waals surface area contributed by atoms with E-state index >= 15 is 0 Å². The molecular weight excluding hydrogens is 314 g/mol. The van der Waals surface area contributed by atoms with Gasteiger partial charge >= 0.3 is 0 Å². The van der Waals surface area contributed by atoms with E-state index in [0.29, 0.717) is 6.42 Å². The molecule has 0 bridgehead atoms. The van der Waals surface area contributed by atoms with Gasteiger partial charge in [-0.2, -0.15) is 0 Å². The summed E-state index contributed by atoms with van der Waals surface area (Å²) in [6.07, 6.45) is 5.89. The van der Waals surface area contributed by atoms with Gasteiger partial charge in [0, 0.05) is 43.2 Å². The molecule has 0 unspecified atom stereocenters. The first-order valence-electron chi connectivity index (χ1n) is 9.35. The van der Waals surface area contributed by atoms with Gasteiger partial charge in [0.1, 0.15) is 0 Å². The number of aryl methyl sites for hydroxylation is 2. The Morgan fingerprint density at radius 1 is 1.36 bits per heavy atom. The van der Waals surface area contributed by atoms with E-state index < -0.39 is 0 Å². The lowest BCUT2D eigenvalue weighted by molar-refractivity contribution is -0.121. The summed E-state index contributed by atoms with van der Waals surface area (Å²) in [5, 5.41) is 13.8. The van der Waals surface area contributed by atoms with Gasteiger partial charge in [0.15, 0.2) is 0 Å². The fraction of sp³-hybridized carbons (Fsp3) is 0.550. The number of carbonyl (C=O) groups is 1. The number of aromatic nitrogens is 1. The van der Waals surface area contributed by atoms with Crippen LogP contribution in [-0.4, -0.2) is 53.2 Å². The molecule has 0 radical (unpaired) electrons. The van der Waals surface area contributed by atoms with Gasteiger partial charge in [-0.15, -0.1) is 0 Å². The molecule has 1 aliphatic rings. The molecule has 136 valence electrons. The van der Waals surface area contributed by atoms with E-state index in [4.69, 9.17) is 0 Å². The van der Waals surface area contributed by atoms with Crippen LogP contribution in [0.3, 0.4) is 0 Å². The number of aliphatic hydroxyl groups is 1. The number of fused-ring (bicyclic) bond motifs is 1. The Bertz CT molecular complexity index is 702. The molecule has 5 nitrogen and oxygen atoms in total. The van der Waals surface area contributed by atoms with Crippen LogP contribution in [-0.2, 0) is 11.2 Å². The van der Waals surface area contributed by atoms with Gasteiger partial charge in [-0.25, -0.2) is 0 Å². The zero-order chi connectivity index (χ0) is 17.6. The van der Waals surface area contributed by atoms with Crippen LogP contribution in [0.15, 0.2) is 24.4 Å². The third kappa shape index (κ3) is 5.06. The molecule has 1 aromatic heterocycles. The van der Waals surface area contributed by atoms with Crippen molar-refractivity contribution in [3.05, 3.63) is 35.5 Å². The third-order valence-electron chi connectivity index (χ3n) is 5.07. The largest absolute Gasteiger partial charge is 0.393 e. The highest BCUT2D eigenvalue weighted by Gasteiger charge is 2.16. The standard InChI is InChI=1S/C20H29N3O2/c1-15-3-5-19-18(13-15)16(14-22-19)4-6-20(25)21-9-2-10-23-11-7-17(24)8-12-23/h3,5,13-14,17,22,24H,2,4,6-12H2,1H3,(H,21,25). The maximum atomic E-state index is 12.1. The average molecular weight is 343 g/mol. The number of benzene rings is 1. The minimum atomic E-state index is -0.121. The number of hydrogen-bond donors (Lipinski definition) is 3. The number of aliphatic hydroxyl groups excluding tert-OH is 1. The number of carbonyl (C=O) groups excluding carboxylic acids is 1. The minimum absolute atomic E-state index is 0.121. The number of nitrogens with one attached hydrogen (secondary N) is 2. The summed E-state index contributed by atoms with van der Waals surface area (Å²) in [4.78, 5) is 17.7. The molecule has 0 spiro atoms. The van der Waals surface area contributed by atoms with E-state index in [1.807, 2.05) is 6.20 Å². The number of H-pyrrole nitrogens is 1. The molecule has 0 saturated carbocycles. The molecule has 5 heteroatoms. The quantitative estimate of drug-likeness (QED) is 0.676. The van der Waals surface area contributed by atoms with Gasteiger partial charge in [-0.1, -0.05) is 11.6 Å². The topological polar surface area (TPSA) is 68.4 Å². The van der Waals surface area contributed by atoms with Gasteiger partial charge in [0.05, 0.1) is 6.10 Å². The lowest BCUT2D eigenvalue weighted by Gasteiger charge is -2.29. The second-order valence-corrected chi connectivity index (χ2v) is 7.14. The van der Waals surface area contributed by atoms with E-state index in [-0.39, 0.29) is 12.0 Å². The highest BCUT2D eigenvalue weighted by molar-refractivity contribution is 5.84. The van der Waals surface area contributed by atoms with Crippen molar-refractivity contribution >= 4 is 16.8 Å². The molecule has 2 heterocycles. The Morgan fingerprint density at radius 3 is 2.96 bits per heavy atom. The average Bonchev–Trinajstić information content (AvgIpc) is 3.00. The van der Waals surface area contributed by atoms with Gasteiger partial charge in [0.2, 0.25) is 5.91 Å². The second-order valence-electron chi connectivity index (χ2n) is 7.14. The van der Waals surface area contributed by atoms with Crippen LogP contribution in [0.4, 0.5) is 0 Å². The van der Waals surface area contributed by atoms with Crippen LogP contribution in [0.25, 0.3) is 10.9 Å². The Morgan fingerprint density at radius 2 is 2.16 bits per heavy atom. The molecule has 1 fully saturated rings. The number of likely N-dealkylation sites (tertiary alicyclic amines) is 1. The van der Waals surface area contributed by atoms with Gasteiger partial charge < -0.3 is 20.3 Å². The second kappa shape index (κ2) is 8.50. The van der Waals surface area contributed by atoms with Crippen LogP contribution in [0.1, 0.15) is 36.8 Å². The monoisotopic (exact) mass is 343 g/mol. The molecule has 1 saturated heterocycles. The van der Waals surface area contributed by atoms with Crippen molar-refractivity contribution in [1.29, 1.82) is 0 Å². The van der Waals surface area contributed by atoms with Crippen molar-refractivity contribution in [3.63, 3.8) is 0 Å². The van der Waals surface area contributed by atoms with Gasteiger partial charge in [-0.3, -0.25) is 4.79 Å². The Kier molecular flexibility index (Phi) is 6.10. The number of nitrogens with zero attached hydrogens (tertiary/aromatic N) is 1. The zero-order valence-corrected chi connectivity index (χ0v) is 15.1. The molecule has 2 aromatic rings. The highest BCUT2D eigenvalue weighted by atomic mass is 16.3. The summed E-state index contributed by atoms with van der Waals surface area (Å²) in [7, 11) is 0. The maximum Gasteiger partial charge on any atom is 0.220 e. The van der Waals surface area contributed by atoms with Crippen LogP contribution in [0.5, 0.6) is 0 Å². The lowest BCUT2D eigenvalue weighted by Crippen LogP contribution is -2.37. The number of aromatic amines is 1. The number of rotatable bonds is 7. The van der Waals surface area contributed by atoms with E-state index in [0.717, 1.165) is 57.4 Å². The molecule has 0 aliphatic carbocycles. The first-order chi connectivity index (χ1) is 12.1. The molecule has 3 N–H and O–H groups in total. The van der Waals surface area contributed by atoms with Crippen molar-refractivity contribution < 1.29 is 9.90 Å². The summed E-state index contributed by atoms with van der Waals surface area (Å²) in [6.45, 7) is 5.75.